The molecule has 55 heavy (non-hydrogen) atoms. The highest BCUT2D eigenvalue weighted by atomic mass is 28.3. The zero-order chi connectivity index (χ0) is 40.8. The van der Waals surface area contributed by atoms with E-state index in [0.29, 0.717) is 83.0 Å². The van der Waals surface area contributed by atoms with E-state index in [9.17, 15) is 7.13 Å². The Morgan fingerprint density at radius 1 is 1.09 bits per heavy atom. The van der Waals surface area contributed by atoms with Gasteiger partial charge in [-0.25, -0.2) is 8.78 Å². The lowest BCUT2D eigenvalue weighted by Gasteiger charge is -2.38. The van der Waals surface area contributed by atoms with E-state index in [1.165, 1.54) is 0 Å². The van der Waals surface area contributed by atoms with Gasteiger partial charge in [-0.05, 0) is 72.9 Å². The fourth-order valence-electron chi connectivity index (χ4n) is 10.3. The first-order valence-electron chi connectivity index (χ1n) is 21.1. The third-order valence-electron chi connectivity index (χ3n) is 13.2. The number of hydrogen-bond acceptors (Lipinski definition) is 8. The van der Waals surface area contributed by atoms with Crippen LogP contribution in [0.1, 0.15) is 80.2 Å². The predicted octanol–water partition coefficient (Wildman–Crippen LogP) is 8.74. The van der Waals surface area contributed by atoms with Crippen molar-refractivity contribution in [2.45, 2.75) is 115 Å². The average molecular weight is 769 g/mol. The molecule has 2 N–H and O–H groups in total. The van der Waals surface area contributed by atoms with Gasteiger partial charge in [0.25, 0.3) is 0 Å². The van der Waals surface area contributed by atoms with Crippen LogP contribution in [0.25, 0.3) is 32.9 Å². The number of pyridine rings is 1. The Labute approximate surface area is 328 Å². The summed E-state index contributed by atoms with van der Waals surface area (Å²) in [5.41, 5.74) is 16.1. The highest BCUT2D eigenvalue weighted by Gasteiger charge is 2.56. The van der Waals surface area contributed by atoms with Crippen LogP contribution in [-0.2, 0) is 4.74 Å². The summed E-state index contributed by atoms with van der Waals surface area (Å²) in [6, 6.07) is 7.48. The van der Waals surface area contributed by atoms with Crippen LogP contribution in [0, 0.1) is 31.2 Å². The summed E-state index contributed by atoms with van der Waals surface area (Å²) in [6.07, 6.45) is 0.742. The summed E-state index contributed by atoms with van der Waals surface area (Å²) in [4.78, 5) is 18.6. The van der Waals surface area contributed by atoms with Gasteiger partial charge >= 0.3 is 6.01 Å². The molecular formula is C44H56F2N6O2Si. The summed E-state index contributed by atoms with van der Waals surface area (Å²) in [5.74, 6) is 3.88. The number of alkyl halides is 2. The minimum atomic E-state index is -2.30. The first-order chi connectivity index (χ1) is 27.0. The molecule has 8 nitrogen and oxygen atoms in total. The minimum absolute atomic E-state index is 0.0343. The summed E-state index contributed by atoms with van der Waals surface area (Å²) in [6.45, 7) is 17.5. The molecule has 4 aliphatic rings. The molecule has 8 rings (SSSR count). The molecule has 0 amide bonds. The van der Waals surface area contributed by atoms with Gasteiger partial charge < -0.3 is 20.1 Å². The Morgan fingerprint density at radius 3 is 2.60 bits per heavy atom. The van der Waals surface area contributed by atoms with Gasteiger partial charge in [-0.15, -0.1) is 5.54 Å². The number of ether oxygens (including phenoxy) is 2. The second-order valence-corrected chi connectivity index (χ2v) is 22.9. The zero-order valence-electron chi connectivity index (χ0n) is 35.5. The maximum Gasteiger partial charge on any atom is 0.319 e. The summed E-state index contributed by atoms with van der Waals surface area (Å²) in [7, 11) is -2.08. The van der Waals surface area contributed by atoms with Gasteiger partial charge in [-0.3, -0.25) is 9.88 Å². The van der Waals surface area contributed by atoms with Crippen molar-refractivity contribution >= 4 is 41.3 Å². The molecule has 4 aromatic rings. The van der Waals surface area contributed by atoms with Crippen LogP contribution in [0.3, 0.4) is 0 Å². The molecule has 292 valence electrons. The van der Waals surface area contributed by atoms with Gasteiger partial charge in [0.2, 0.25) is 0 Å². The monoisotopic (exact) mass is 768 g/mol. The molecule has 0 unspecified atom stereocenters. The Hall–Kier alpha value is -3.85. The average Bonchev–Trinajstić information content (AvgIpc) is 3.50. The van der Waals surface area contributed by atoms with Crippen LogP contribution >= 0.6 is 0 Å². The van der Waals surface area contributed by atoms with Crippen LogP contribution in [0.2, 0.25) is 16.6 Å². The number of nitrogens with zero attached hydrogens (tertiary/aromatic N) is 5. The molecule has 0 bridgehead atoms. The molecular weight excluding hydrogens is 711 g/mol. The maximum atomic E-state index is 15.3. The molecule has 1 aliphatic carbocycles. The molecule has 4 fully saturated rings. The van der Waals surface area contributed by atoms with E-state index in [0.717, 1.165) is 33.9 Å². The molecule has 2 aromatic carbocycles. The predicted molar refractivity (Wildman–Crippen MR) is 221 cm³/mol. The van der Waals surface area contributed by atoms with Gasteiger partial charge in [-0.2, -0.15) is 9.97 Å². The lowest BCUT2D eigenvalue weighted by atomic mass is 9.92. The van der Waals surface area contributed by atoms with Crippen molar-refractivity contribution < 1.29 is 21.0 Å². The molecule has 0 spiro atoms. The molecule has 1 saturated carbocycles. The van der Waals surface area contributed by atoms with Crippen molar-refractivity contribution in [3.05, 3.63) is 47.2 Å². The molecule has 3 saturated heterocycles. The fraction of sp³-hybridized carbons (Fsp3) is 0.568. The number of rotatable bonds is 8. The Kier molecular flexibility index (Phi) is 9.22. The van der Waals surface area contributed by atoms with Crippen LogP contribution in [0.5, 0.6) is 6.01 Å². The van der Waals surface area contributed by atoms with Crippen molar-refractivity contribution in [3.63, 3.8) is 0 Å². The molecule has 0 radical (unpaired) electrons. The smallest absolute Gasteiger partial charge is 0.319 e. The molecule has 3 aliphatic heterocycles. The zero-order valence-corrected chi connectivity index (χ0v) is 34.5. The molecule has 5 atom stereocenters. The normalized spacial score (nSPS) is 26.2. The highest BCUT2D eigenvalue weighted by molar-refractivity contribution is 6.90. The van der Waals surface area contributed by atoms with Gasteiger partial charge in [-0.1, -0.05) is 59.6 Å². The van der Waals surface area contributed by atoms with E-state index >= 15 is 4.39 Å². The number of aromatic nitrogens is 3. The third-order valence-corrected chi connectivity index (χ3v) is 19.5. The van der Waals surface area contributed by atoms with Crippen LogP contribution in [0.4, 0.5) is 20.3 Å². The lowest BCUT2D eigenvalue weighted by Crippen LogP contribution is -2.43. The first-order valence-corrected chi connectivity index (χ1v) is 22.3. The van der Waals surface area contributed by atoms with E-state index in [2.05, 4.69) is 72.1 Å². The van der Waals surface area contributed by atoms with E-state index in [1.54, 1.807) is 6.20 Å². The summed E-state index contributed by atoms with van der Waals surface area (Å²) >= 11 is 0. The van der Waals surface area contributed by atoms with Gasteiger partial charge in [0.15, 0.2) is 0 Å². The number of hydrogen-bond donors (Lipinski definition) is 1. The summed E-state index contributed by atoms with van der Waals surface area (Å²) < 4.78 is 60.8. The van der Waals surface area contributed by atoms with Crippen LogP contribution < -0.4 is 15.4 Å². The van der Waals surface area contributed by atoms with Gasteiger partial charge in [0, 0.05) is 59.4 Å². The highest BCUT2D eigenvalue weighted by Crippen LogP contribution is 2.46. The number of aryl methyl sites for hydroxylation is 2. The number of nitrogens with two attached hydrogens (primary N) is 1. The topological polar surface area (TPSA) is 89.6 Å². The van der Waals surface area contributed by atoms with Crippen molar-refractivity contribution in [2.75, 3.05) is 50.0 Å². The van der Waals surface area contributed by atoms with Crippen molar-refractivity contribution in [1.29, 1.82) is 0 Å². The van der Waals surface area contributed by atoms with E-state index in [4.69, 9.17) is 30.2 Å². The number of nitrogen functional groups attached to an aromatic ring is 1. The fourth-order valence-corrected chi connectivity index (χ4v) is 15.6. The maximum absolute atomic E-state index is 15.3. The molecule has 11 heteroatoms. The number of fused-ring (bicyclic) bond motifs is 4. The standard InChI is InChI=1S/C44H56F2N6O2Si/c1-25(2)55(26(3)4,27(5)6)17-12-33-28(7)10-11-30-18-32(47)19-34(37(30)33)39-29(8)40-35(21-48-39)42(52-15-16-53-23-36-38(46)41(36)52)50-43(49-40)54-24-44-13-9-14-51(44)22-31(45)20-44/h10-11,18-19,21,25-27,31,36,38,41H,9,13-16,20,22-24,47H2,1-8H3/t31-,36+,38+,41+,44+/m1/s1/i24D2. The quantitative estimate of drug-likeness (QED) is 0.108. The van der Waals surface area contributed by atoms with Gasteiger partial charge in [0.1, 0.15) is 32.8 Å². The van der Waals surface area contributed by atoms with E-state index in [1.807, 2.05) is 28.9 Å². The SMILES string of the molecule is [2H]C([2H])(Oc1nc(N2CCOC[C@H]3[C@H](F)[C@H]32)c2cnc(-c3cc(N)cc4ccc(C)c(C#C[Si](C(C)C)(C(C)C)C(C)C)c34)c(C)c2n1)[C@@]12CCCN1C[C@H](F)C2. The Morgan fingerprint density at radius 2 is 1.85 bits per heavy atom. The summed E-state index contributed by atoms with van der Waals surface area (Å²) in [5, 5.41) is 2.51. The van der Waals surface area contributed by atoms with Crippen LogP contribution in [-0.4, -0.2) is 91.3 Å². The Balaban J connectivity index is 1.33. The van der Waals surface area contributed by atoms with Gasteiger partial charge in [0.05, 0.1) is 44.1 Å². The first kappa shape index (κ1) is 35.6. The number of anilines is 2. The lowest BCUT2D eigenvalue weighted by molar-refractivity contribution is 0.107. The Bertz CT molecular complexity index is 2280. The van der Waals surface area contributed by atoms with E-state index < -0.39 is 38.6 Å². The molecule has 5 heterocycles. The minimum Gasteiger partial charge on any atom is -0.461 e. The second-order valence-electron chi connectivity index (χ2n) is 17.3. The van der Waals surface area contributed by atoms with Crippen molar-refractivity contribution in [3.8, 4) is 28.7 Å². The second kappa shape index (κ2) is 14.3. The van der Waals surface area contributed by atoms with Crippen LogP contribution in [0.15, 0.2) is 30.5 Å². The van der Waals surface area contributed by atoms with Crippen molar-refractivity contribution in [1.82, 2.24) is 19.9 Å². The number of halogens is 2. The molecule has 2 aromatic heterocycles. The number of benzene rings is 2. The van der Waals surface area contributed by atoms with E-state index in [-0.39, 0.29) is 24.9 Å². The van der Waals surface area contributed by atoms with Crippen molar-refractivity contribution in [2.24, 2.45) is 5.92 Å². The third kappa shape index (κ3) is 6.36. The largest absolute Gasteiger partial charge is 0.461 e.